The van der Waals surface area contributed by atoms with E-state index in [1.54, 1.807) is 72.8 Å². The van der Waals surface area contributed by atoms with Gasteiger partial charge in [0.25, 0.3) is 0 Å². The van der Waals surface area contributed by atoms with Crippen LogP contribution in [0.2, 0.25) is 5.02 Å². The molecule has 0 saturated carbocycles. The van der Waals surface area contributed by atoms with Crippen molar-refractivity contribution in [1.82, 2.24) is 0 Å². The van der Waals surface area contributed by atoms with E-state index in [9.17, 15) is 9.59 Å². The molecule has 0 aromatic heterocycles. The van der Waals surface area contributed by atoms with Gasteiger partial charge >= 0.3 is 0 Å². The molecule has 1 amide bonds. The summed E-state index contributed by atoms with van der Waals surface area (Å²) in [6.07, 6.45) is 0. The molecule has 26 heavy (non-hydrogen) atoms. The van der Waals surface area contributed by atoms with E-state index in [4.69, 9.17) is 22.1 Å². The van der Waals surface area contributed by atoms with Crippen molar-refractivity contribution in [3.8, 4) is 5.75 Å². The number of ether oxygens (including phenoxy) is 1. The maximum Gasteiger partial charge on any atom is 0.248 e. The molecular weight excluding hydrogens is 350 g/mol. The predicted octanol–water partition coefficient (Wildman–Crippen LogP) is 4.25. The van der Waals surface area contributed by atoms with E-state index in [0.29, 0.717) is 34.1 Å². The van der Waals surface area contributed by atoms with Gasteiger partial charge in [-0.1, -0.05) is 23.7 Å². The Labute approximate surface area is 156 Å². The van der Waals surface area contributed by atoms with E-state index in [2.05, 4.69) is 0 Å². The van der Waals surface area contributed by atoms with Crippen molar-refractivity contribution >= 4 is 23.3 Å². The minimum absolute atomic E-state index is 0.0738. The smallest absolute Gasteiger partial charge is 0.248 e. The molecule has 3 rings (SSSR count). The molecule has 0 spiro atoms. The van der Waals surface area contributed by atoms with E-state index >= 15 is 0 Å². The molecule has 3 aromatic rings. The first-order valence-electron chi connectivity index (χ1n) is 7.95. The molecule has 0 aliphatic rings. The summed E-state index contributed by atoms with van der Waals surface area (Å²) in [6, 6.07) is 20.6. The summed E-state index contributed by atoms with van der Waals surface area (Å²) in [5.74, 6) is 0.116. The Kier molecular flexibility index (Phi) is 5.34. The number of carbonyl (C=O) groups excluding carboxylic acids is 2. The molecular formula is C21H16ClNO3. The van der Waals surface area contributed by atoms with Crippen LogP contribution in [0.1, 0.15) is 31.8 Å². The van der Waals surface area contributed by atoms with Gasteiger partial charge in [-0.3, -0.25) is 9.59 Å². The van der Waals surface area contributed by atoms with Crippen molar-refractivity contribution in [2.75, 3.05) is 0 Å². The Bertz CT molecular complexity index is 917. The van der Waals surface area contributed by atoms with Gasteiger partial charge in [0.05, 0.1) is 0 Å². The molecule has 0 atom stereocenters. The molecule has 0 radical (unpaired) electrons. The van der Waals surface area contributed by atoms with Crippen LogP contribution in [0.15, 0.2) is 72.8 Å². The highest BCUT2D eigenvalue weighted by atomic mass is 35.5. The molecule has 0 fully saturated rings. The van der Waals surface area contributed by atoms with E-state index in [0.717, 1.165) is 5.56 Å². The average Bonchev–Trinajstić information content (AvgIpc) is 2.67. The van der Waals surface area contributed by atoms with Crippen LogP contribution in [0.5, 0.6) is 5.75 Å². The Hall–Kier alpha value is -3.11. The molecule has 0 heterocycles. The summed E-state index contributed by atoms with van der Waals surface area (Å²) >= 11 is 5.84. The number of ketones is 1. The number of halogens is 1. The highest BCUT2D eigenvalue weighted by Crippen LogP contribution is 2.18. The van der Waals surface area contributed by atoms with Gasteiger partial charge in [-0.15, -0.1) is 0 Å². The third-order valence-electron chi connectivity index (χ3n) is 3.87. The first-order valence-corrected chi connectivity index (χ1v) is 8.32. The highest BCUT2D eigenvalue weighted by molar-refractivity contribution is 6.30. The maximum absolute atomic E-state index is 12.4. The van der Waals surface area contributed by atoms with E-state index in [1.165, 1.54) is 0 Å². The van der Waals surface area contributed by atoms with Crippen LogP contribution >= 0.6 is 11.6 Å². The molecule has 5 heteroatoms. The number of carbonyl (C=O) groups is 2. The number of nitrogens with two attached hydrogens (primary N) is 1. The zero-order chi connectivity index (χ0) is 18.5. The third-order valence-corrected chi connectivity index (χ3v) is 4.12. The fourth-order valence-electron chi connectivity index (χ4n) is 2.40. The monoisotopic (exact) mass is 365 g/mol. The lowest BCUT2D eigenvalue weighted by Gasteiger charge is -2.08. The molecule has 0 saturated heterocycles. The van der Waals surface area contributed by atoms with Crippen LogP contribution in [0.25, 0.3) is 0 Å². The lowest BCUT2D eigenvalue weighted by molar-refractivity contribution is 0.0998. The fourth-order valence-corrected chi connectivity index (χ4v) is 2.53. The predicted molar refractivity (Wildman–Crippen MR) is 101 cm³/mol. The first kappa shape index (κ1) is 17.7. The van der Waals surface area contributed by atoms with Crippen molar-refractivity contribution in [3.63, 3.8) is 0 Å². The largest absolute Gasteiger partial charge is 0.489 e. The minimum Gasteiger partial charge on any atom is -0.489 e. The molecule has 3 aromatic carbocycles. The normalized spacial score (nSPS) is 10.3. The summed E-state index contributed by atoms with van der Waals surface area (Å²) < 4.78 is 5.70. The van der Waals surface area contributed by atoms with Crippen LogP contribution in [0.3, 0.4) is 0 Å². The Morgan fingerprint density at radius 3 is 1.81 bits per heavy atom. The van der Waals surface area contributed by atoms with Crippen LogP contribution in [-0.4, -0.2) is 11.7 Å². The number of benzene rings is 3. The molecule has 0 aliphatic carbocycles. The molecule has 2 N–H and O–H groups in total. The first-order chi connectivity index (χ1) is 12.5. The van der Waals surface area contributed by atoms with Crippen molar-refractivity contribution < 1.29 is 14.3 Å². The van der Waals surface area contributed by atoms with Gasteiger partial charge in [0, 0.05) is 21.7 Å². The maximum atomic E-state index is 12.4. The van der Waals surface area contributed by atoms with E-state index < -0.39 is 5.91 Å². The average molecular weight is 366 g/mol. The van der Waals surface area contributed by atoms with Crippen molar-refractivity contribution in [2.45, 2.75) is 6.61 Å². The Morgan fingerprint density at radius 1 is 0.769 bits per heavy atom. The lowest BCUT2D eigenvalue weighted by Crippen LogP contribution is -2.10. The second kappa shape index (κ2) is 7.85. The molecule has 130 valence electrons. The topological polar surface area (TPSA) is 69.4 Å². The number of primary amides is 1. The SMILES string of the molecule is NC(=O)c1ccc(COc2ccc(C(=O)c3ccc(Cl)cc3)cc2)cc1. The number of amides is 1. The van der Waals surface area contributed by atoms with Gasteiger partial charge in [-0.25, -0.2) is 0 Å². The van der Waals surface area contributed by atoms with Gasteiger partial charge < -0.3 is 10.5 Å². The number of hydrogen-bond donors (Lipinski definition) is 1. The van der Waals surface area contributed by atoms with Gasteiger partial charge in [0.2, 0.25) is 5.91 Å². The second-order valence-electron chi connectivity index (χ2n) is 5.71. The van der Waals surface area contributed by atoms with E-state index in [1.807, 2.05) is 0 Å². The van der Waals surface area contributed by atoms with E-state index in [-0.39, 0.29) is 5.78 Å². The van der Waals surface area contributed by atoms with Gasteiger partial charge in [0.15, 0.2) is 5.78 Å². The summed E-state index contributed by atoms with van der Waals surface area (Å²) in [5, 5.41) is 0.592. The molecule has 4 nitrogen and oxygen atoms in total. The Morgan fingerprint density at radius 2 is 1.27 bits per heavy atom. The quantitative estimate of drug-likeness (QED) is 0.664. The van der Waals surface area contributed by atoms with Gasteiger partial charge in [-0.05, 0) is 66.2 Å². The summed E-state index contributed by atoms with van der Waals surface area (Å²) in [7, 11) is 0. The molecule has 0 aliphatic heterocycles. The number of hydrogen-bond acceptors (Lipinski definition) is 3. The summed E-state index contributed by atoms with van der Waals surface area (Å²) in [4.78, 5) is 23.5. The standard InChI is InChI=1S/C21H16ClNO3/c22-18-9-5-15(6-10-18)20(24)16-7-11-19(12-8-16)26-13-14-1-3-17(4-2-14)21(23)25/h1-12H,13H2,(H2,23,25). The van der Waals surface area contributed by atoms with Crippen molar-refractivity contribution in [2.24, 2.45) is 5.73 Å². The van der Waals surface area contributed by atoms with Crippen LogP contribution in [-0.2, 0) is 6.61 Å². The van der Waals surface area contributed by atoms with Gasteiger partial charge in [0.1, 0.15) is 12.4 Å². The zero-order valence-electron chi connectivity index (χ0n) is 13.8. The minimum atomic E-state index is -0.460. The second-order valence-corrected chi connectivity index (χ2v) is 6.15. The highest BCUT2D eigenvalue weighted by Gasteiger charge is 2.09. The lowest BCUT2D eigenvalue weighted by atomic mass is 10.0. The van der Waals surface area contributed by atoms with Crippen LogP contribution in [0, 0.1) is 0 Å². The zero-order valence-corrected chi connectivity index (χ0v) is 14.6. The van der Waals surface area contributed by atoms with Crippen LogP contribution < -0.4 is 10.5 Å². The number of rotatable bonds is 6. The third kappa shape index (κ3) is 4.29. The molecule has 0 unspecified atom stereocenters. The van der Waals surface area contributed by atoms with Crippen molar-refractivity contribution in [1.29, 1.82) is 0 Å². The van der Waals surface area contributed by atoms with Crippen molar-refractivity contribution in [3.05, 3.63) is 100 Å². The summed E-state index contributed by atoms with van der Waals surface area (Å²) in [5.41, 5.74) is 7.74. The van der Waals surface area contributed by atoms with Crippen LogP contribution in [0.4, 0.5) is 0 Å². The van der Waals surface area contributed by atoms with Gasteiger partial charge in [-0.2, -0.15) is 0 Å². The Balaban J connectivity index is 1.63. The fraction of sp³-hybridized carbons (Fsp3) is 0.0476. The molecule has 0 bridgehead atoms. The summed E-state index contributed by atoms with van der Waals surface area (Å²) in [6.45, 7) is 0.351.